The Labute approximate surface area is 186 Å². The number of halogens is 2. The lowest BCUT2D eigenvalue weighted by molar-refractivity contribution is -0.200. The molecule has 9 heteroatoms. The van der Waals surface area contributed by atoms with Crippen LogP contribution in [-0.4, -0.2) is 45.4 Å². The highest BCUT2D eigenvalue weighted by Gasteiger charge is 2.69. The van der Waals surface area contributed by atoms with Crippen molar-refractivity contribution in [3.8, 4) is 0 Å². The number of thioether (sulfide) groups is 1. The van der Waals surface area contributed by atoms with E-state index in [2.05, 4.69) is 5.48 Å². The minimum absolute atomic E-state index is 0.159. The molecule has 2 atom stereocenters. The van der Waals surface area contributed by atoms with Gasteiger partial charge in [0.05, 0.1) is 0 Å². The second kappa shape index (κ2) is 7.53. The maximum absolute atomic E-state index is 14.9. The third-order valence-corrected chi connectivity index (χ3v) is 8.17. The summed E-state index contributed by atoms with van der Waals surface area (Å²) in [5.41, 5.74) is 1.80. The van der Waals surface area contributed by atoms with Crippen molar-refractivity contribution in [3.63, 3.8) is 0 Å². The zero-order valence-electron chi connectivity index (χ0n) is 16.7. The number of nitrogens with zero attached hydrogens (tertiary/aromatic N) is 1. The Bertz CT molecular complexity index is 1130. The Balaban J connectivity index is 1.86. The van der Waals surface area contributed by atoms with Crippen molar-refractivity contribution in [2.75, 3.05) is 18.2 Å². The van der Waals surface area contributed by atoms with Crippen molar-refractivity contribution in [3.05, 3.63) is 69.4 Å². The van der Waals surface area contributed by atoms with Crippen LogP contribution in [0.5, 0.6) is 0 Å². The number of rotatable bonds is 4. The summed E-state index contributed by atoms with van der Waals surface area (Å²) in [6.45, 7) is 2.58. The first-order chi connectivity index (χ1) is 14.9. The number of hydrogen-bond acceptors (Lipinski definition) is 6. The Morgan fingerprint density at radius 1 is 1.29 bits per heavy atom. The van der Waals surface area contributed by atoms with Crippen LogP contribution in [0.15, 0.2) is 42.5 Å². The molecular weight excluding hydrogens is 442 g/mol. The Morgan fingerprint density at radius 3 is 2.81 bits per heavy atom. The van der Waals surface area contributed by atoms with Crippen LogP contribution in [0.2, 0.25) is 0 Å². The van der Waals surface area contributed by atoms with Crippen LogP contribution < -0.4 is 5.48 Å². The fourth-order valence-electron chi connectivity index (χ4n) is 4.51. The first-order valence-corrected chi connectivity index (χ1v) is 11.9. The van der Waals surface area contributed by atoms with Crippen LogP contribution in [0.3, 0.4) is 0 Å². The number of nitrogens with one attached hydrogen (secondary N) is 1. The van der Waals surface area contributed by atoms with Gasteiger partial charge in [-0.3, -0.25) is 9.69 Å². The lowest BCUT2D eigenvalue weighted by atomic mass is 9.72. The van der Waals surface area contributed by atoms with Crippen LogP contribution in [0.4, 0.5) is 8.78 Å². The predicted molar refractivity (Wildman–Crippen MR) is 117 cm³/mol. The monoisotopic (exact) mass is 462 g/mol. The van der Waals surface area contributed by atoms with E-state index in [-0.39, 0.29) is 5.56 Å². The van der Waals surface area contributed by atoms with Gasteiger partial charge in [-0.05, 0) is 42.3 Å². The van der Waals surface area contributed by atoms with E-state index in [9.17, 15) is 18.7 Å². The number of fused-ring (bicyclic) bond motifs is 1. The molecule has 2 saturated heterocycles. The second-order valence-electron chi connectivity index (χ2n) is 7.61. The number of carbonyl (C=O) groups excluding carboxylic acids is 1. The van der Waals surface area contributed by atoms with Crippen molar-refractivity contribution in [1.29, 1.82) is 0 Å². The van der Waals surface area contributed by atoms with Gasteiger partial charge in [-0.15, -0.1) is 23.1 Å². The third kappa shape index (κ3) is 2.95. The molecule has 5 nitrogen and oxygen atoms in total. The van der Waals surface area contributed by atoms with E-state index in [0.29, 0.717) is 23.6 Å². The van der Waals surface area contributed by atoms with Gasteiger partial charge in [-0.25, -0.2) is 19.1 Å². The van der Waals surface area contributed by atoms with Gasteiger partial charge in [0, 0.05) is 45.1 Å². The number of hydrogen-bond donors (Lipinski definition) is 2. The number of aliphatic hydroxyl groups is 1. The van der Waals surface area contributed by atoms with Gasteiger partial charge in [0.2, 0.25) is 5.79 Å². The highest BCUT2D eigenvalue weighted by molar-refractivity contribution is 7.99. The molecule has 31 heavy (non-hydrogen) atoms. The standard InChI is InChI=1S/C22H20F2N2O3S2/c1-2-14-4-6-18(31-14)19-16(15-5-3-13(23)11-17(15)24)7-8-21(28)22(19,20(27)25-29-21)26-9-10-30-12-26/h3-8,11,28H,2,9-10,12H2,1H3,(H,25,27). The Hall–Kier alpha value is -2.04. The van der Waals surface area contributed by atoms with Crippen molar-refractivity contribution in [2.24, 2.45) is 0 Å². The minimum Gasteiger partial charge on any atom is -0.359 e. The molecule has 1 amide bonds. The summed E-state index contributed by atoms with van der Waals surface area (Å²) in [6, 6.07) is 7.22. The molecular formula is C22H20F2N2O3S2. The normalized spacial score (nSPS) is 28.3. The van der Waals surface area contributed by atoms with Crippen molar-refractivity contribution < 1.29 is 23.5 Å². The van der Waals surface area contributed by atoms with Crippen molar-refractivity contribution >= 4 is 40.2 Å². The molecule has 2 aliphatic heterocycles. The minimum atomic E-state index is -1.97. The smallest absolute Gasteiger partial charge is 0.275 e. The van der Waals surface area contributed by atoms with Crippen LogP contribution in [0.1, 0.15) is 22.2 Å². The summed E-state index contributed by atoms with van der Waals surface area (Å²) in [5.74, 6) is -2.62. The van der Waals surface area contributed by atoms with Gasteiger partial charge in [-0.1, -0.05) is 13.0 Å². The van der Waals surface area contributed by atoms with Crippen LogP contribution in [-0.2, 0) is 16.1 Å². The van der Waals surface area contributed by atoms with Crippen LogP contribution in [0, 0.1) is 11.6 Å². The van der Waals surface area contributed by atoms with Crippen LogP contribution in [0.25, 0.3) is 11.1 Å². The Kier molecular flexibility index (Phi) is 5.06. The van der Waals surface area contributed by atoms with E-state index in [1.165, 1.54) is 29.5 Å². The molecule has 0 bridgehead atoms. The molecule has 2 aromatic rings. The summed E-state index contributed by atoms with van der Waals surface area (Å²) >= 11 is 3.13. The lowest BCUT2D eigenvalue weighted by Crippen LogP contribution is -2.65. The Morgan fingerprint density at radius 2 is 2.13 bits per heavy atom. The topological polar surface area (TPSA) is 61.8 Å². The van der Waals surface area contributed by atoms with Gasteiger partial charge in [-0.2, -0.15) is 0 Å². The van der Waals surface area contributed by atoms with Gasteiger partial charge in [0.1, 0.15) is 11.6 Å². The summed E-state index contributed by atoms with van der Waals surface area (Å²) in [7, 11) is 0. The molecule has 0 radical (unpaired) electrons. The molecule has 1 aromatic carbocycles. The fourth-order valence-corrected chi connectivity index (χ4v) is 6.59. The zero-order valence-corrected chi connectivity index (χ0v) is 18.3. The highest BCUT2D eigenvalue weighted by Crippen LogP contribution is 2.54. The third-order valence-electron chi connectivity index (χ3n) is 5.96. The van der Waals surface area contributed by atoms with Gasteiger partial charge >= 0.3 is 0 Å². The van der Waals surface area contributed by atoms with Crippen LogP contribution >= 0.6 is 23.1 Å². The summed E-state index contributed by atoms with van der Waals surface area (Å²) < 4.78 is 28.6. The predicted octanol–water partition coefficient (Wildman–Crippen LogP) is 3.56. The molecule has 0 spiro atoms. The molecule has 0 saturated carbocycles. The molecule has 3 aliphatic rings. The van der Waals surface area contributed by atoms with Gasteiger partial charge in [0.25, 0.3) is 5.91 Å². The lowest BCUT2D eigenvalue weighted by Gasteiger charge is -2.45. The van der Waals surface area contributed by atoms with E-state index in [1.54, 1.807) is 17.8 Å². The van der Waals surface area contributed by atoms with E-state index < -0.39 is 28.9 Å². The first-order valence-electron chi connectivity index (χ1n) is 9.93. The average Bonchev–Trinajstić information content (AvgIpc) is 3.48. The zero-order chi connectivity index (χ0) is 21.8. The maximum Gasteiger partial charge on any atom is 0.275 e. The number of thiophene rings is 1. The molecule has 1 aromatic heterocycles. The SMILES string of the molecule is CCc1ccc(C2=C(c3ccc(F)cc3F)C=CC3(O)ONC(=O)C23N2CCSC2)s1. The maximum atomic E-state index is 14.9. The molecule has 3 heterocycles. The largest absolute Gasteiger partial charge is 0.359 e. The van der Waals surface area contributed by atoms with Gasteiger partial charge in [0.15, 0.2) is 5.54 Å². The number of amides is 1. The molecule has 5 rings (SSSR count). The fraction of sp³-hybridized carbons (Fsp3) is 0.318. The molecule has 2 unspecified atom stereocenters. The number of hydroxylamine groups is 1. The number of aryl methyl sites for hydroxylation is 1. The molecule has 162 valence electrons. The van der Waals surface area contributed by atoms with E-state index >= 15 is 0 Å². The van der Waals surface area contributed by atoms with E-state index in [1.807, 2.05) is 24.0 Å². The number of benzene rings is 1. The quantitative estimate of drug-likeness (QED) is 0.728. The highest BCUT2D eigenvalue weighted by atomic mass is 32.2. The second-order valence-corrected chi connectivity index (χ2v) is 9.85. The van der Waals surface area contributed by atoms with Crippen molar-refractivity contribution in [1.82, 2.24) is 10.4 Å². The molecule has 2 fully saturated rings. The first kappa shape index (κ1) is 20.8. The summed E-state index contributed by atoms with van der Waals surface area (Å²) in [5, 5.41) is 11.5. The van der Waals surface area contributed by atoms with Crippen molar-refractivity contribution in [2.45, 2.75) is 24.7 Å². The number of carbonyl (C=O) groups is 1. The van der Waals surface area contributed by atoms with Gasteiger partial charge < -0.3 is 5.11 Å². The number of allylic oxidation sites excluding steroid dienone is 2. The average molecular weight is 463 g/mol. The summed E-state index contributed by atoms with van der Waals surface area (Å²) in [4.78, 5) is 22.6. The molecule has 2 N–H and O–H groups in total. The van der Waals surface area contributed by atoms with E-state index in [4.69, 9.17) is 4.84 Å². The van der Waals surface area contributed by atoms with E-state index in [0.717, 1.165) is 28.0 Å². The molecule has 1 aliphatic carbocycles. The summed E-state index contributed by atoms with van der Waals surface area (Å²) in [6.07, 6.45) is 3.73.